The van der Waals surface area contributed by atoms with Crippen LogP contribution < -0.4 is 11.5 Å². The number of aromatic hydroxyl groups is 2. The fraction of sp³-hybridized carbons (Fsp3) is 0.458. The summed E-state index contributed by atoms with van der Waals surface area (Å²) in [7, 11) is 4.19. The Bertz CT molecular complexity index is 2700. The number of likely N-dealkylation sites (N-methyl/N-ethyl adjacent to an activating group) is 2. The van der Waals surface area contributed by atoms with Crippen molar-refractivity contribution in [2.45, 2.75) is 94.9 Å². The first kappa shape index (κ1) is 46.2. The van der Waals surface area contributed by atoms with Crippen LogP contribution in [-0.4, -0.2) is 125 Å². The Morgan fingerprint density at radius 1 is 0.697 bits per heavy atom. The number of ketones is 4. The standard InChI is InChI=1S/C48H54N4O14/c1-6-8-9-10-20-12-14-28(54)32-24(20)16-22-18-25-35(51(3)4)39(57)33(45(49)62)43(61)48(25,65)44(30(22)38(32)56)66-52(5)36-26-17-21-15-23-19(7-2)11-13-27(53)31(23)37(55)29(21)41(59)47(26,64)42(60)34(40(36)58)46(50)63/h11-14,21-22,25-26,35-36,53-54,57-59,64-65H,6-10,15-18H2,1-5H3,(H2,49,62)(H2,50,63)/t21-,22-,25-,26-,35-,36+,47-,48+/m0/s1. The minimum Gasteiger partial charge on any atom is -0.510 e. The van der Waals surface area contributed by atoms with Crippen molar-refractivity contribution in [1.29, 1.82) is 0 Å². The van der Waals surface area contributed by atoms with Gasteiger partial charge in [-0.1, -0.05) is 38.8 Å². The number of phenolic OH excluding ortho intramolecular Hbond substituents is 2. The molecule has 18 nitrogen and oxygen atoms in total. The summed E-state index contributed by atoms with van der Waals surface area (Å²) in [5, 5.41) is 84.1. The van der Waals surface area contributed by atoms with Crippen LogP contribution >= 0.6 is 0 Å². The van der Waals surface area contributed by atoms with E-state index in [0.29, 0.717) is 29.5 Å². The molecule has 6 aliphatic carbocycles. The summed E-state index contributed by atoms with van der Waals surface area (Å²) in [5.41, 5.74) is 4.57. The van der Waals surface area contributed by atoms with E-state index in [1.54, 1.807) is 12.1 Å². The van der Waals surface area contributed by atoms with Gasteiger partial charge in [0.05, 0.1) is 17.2 Å². The predicted octanol–water partition coefficient (Wildman–Crippen LogP) is 2.29. The van der Waals surface area contributed by atoms with E-state index in [1.807, 2.05) is 13.8 Å². The number of aliphatic hydroxyl groups excluding tert-OH is 3. The molecule has 350 valence electrons. The molecule has 0 heterocycles. The van der Waals surface area contributed by atoms with Gasteiger partial charge in [0, 0.05) is 30.0 Å². The molecular formula is C48H54N4O14. The van der Waals surface area contributed by atoms with Crippen LogP contribution in [0.2, 0.25) is 0 Å². The van der Waals surface area contributed by atoms with Gasteiger partial charge in [0.25, 0.3) is 11.8 Å². The number of phenols is 2. The van der Waals surface area contributed by atoms with Crippen LogP contribution in [0.1, 0.15) is 88.9 Å². The number of fused-ring (bicyclic) bond motifs is 6. The zero-order chi connectivity index (χ0) is 48.2. The van der Waals surface area contributed by atoms with Gasteiger partial charge in [-0.3, -0.25) is 33.7 Å². The van der Waals surface area contributed by atoms with Crippen LogP contribution in [0.15, 0.2) is 69.6 Å². The van der Waals surface area contributed by atoms with Gasteiger partial charge in [-0.05, 0) is 105 Å². The minimum atomic E-state index is -3.15. The number of rotatable bonds is 11. The van der Waals surface area contributed by atoms with Crippen molar-refractivity contribution in [3.05, 3.63) is 103 Å². The lowest BCUT2D eigenvalue weighted by Gasteiger charge is -2.53. The van der Waals surface area contributed by atoms with Crippen LogP contribution in [0.4, 0.5) is 0 Å². The molecule has 0 spiro atoms. The number of carbonyl (C=O) groups excluding carboxylic acids is 6. The second-order valence-electron chi connectivity index (χ2n) is 18.6. The molecule has 66 heavy (non-hydrogen) atoms. The van der Waals surface area contributed by atoms with Crippen LogP contribution in [0, 0.1) is 23.7 Å². The monoisotopic (exact) mass is 910 g/mol. The summed E-state index contributed by atoms with van der Waals surface area (Å²) >= 11 is 0. The number of unbranched alkanes of at least 4 members (excludes halogenated alkanes) is 2. The number of nitrogens with zero attached hydrogens (tertiary/aromatic N) is 2. The highest BCUT2D eigenvalue weighted by molar-refractivity contribution is 6.26. The molecule has 0 fully saturated rings. The summed E-state index contributed by atoms with van der Waals surface area (Å²) in [6, 6.07) is 2.91. The largest absolute Gasteiger partial charge is 0.510 e. The number of primary amides is 2. The van der Waals surface area contributed by atoms with Gasteiger partial charge < -0.3 is 52.1 Å². The zero-order valence-corrected chi connectivity index (χ0v) is 37.2. The SMILES string of the molecule is CCCCCc1ccc(O)c2c1C[C@H]1C[C@H]3[C@H](N(C)C)C(O)=C(C(N)=O)C(=O)[C@@]3(O)C(ON(C)[C@H]3C(O)=C(C(N)=O)C(=O)[C@@]4(O)C(O)=C5C(=O)c6c(O)ccc(CC)c6C[C@H]5C[C@@H]34)=C1C2=O. The van der Waals surface area contributed by atoms with Gasteiger partial charge in [-0.2, -0.15) is 0 Å². The number of aryl methyl sites for hydroxylation is 2. The number of hydroxylamine groups is 2. The van der Waals surface area contributed by atoms with Gasteiger partial charge >= 0.3 is 0 Å². The van der Waals surface area contributed by atoms with Crippen molar-refractivity contribution in [3.8, 4) is 11.5 Å². The molecule has 2 aromatic carbocycles. The normalized spacial score (nSPS) is 29.4. The third-order valence-electron chi connectivity index (χ3n) is 14.9. The summed E-state index contributed by atoms with van der Waals surface area (Å²) < 4.78 is 0. The van der Waals surface area contributed by atoms with Gasteiger partial charge in [-0.25, -0.2) is 0 Å². The fourth-order valence-electron chi connectivity index (χ4n) is 11.9. The lowest BCUT2D eigenvalue weighted by Crippen LogP contribution is -2.66. The molecule has 18 heteroatoms. The summed E-state index contributed by atoms with van der Waals surface area (Å²) in [6.45, 7) is 3.88. The molecular weight excluding hydrogens is 857 g/mol. The van der Waals surface area contributed by atoms with E-state index in [4.69, 9.17) is 16.3 Å². The van der Waals surface area contributed by atoms with E-state index in [0.717, 1.165) is 36.9 Å². The molecule has 8 atom stereocenters. The molecule has 11 N–H and O–H groups in total. The fourth-order valence-corrected chi connectivity index (χ4v) is 11.9. The van der Waals surface area contributed by atoms with E-state index < -0.39 is 133 Å². The smallest absolute Gasteiger partial charge is 0.255 e. The molecule has 2 aromatic rings. The van der Waals surface area contributed by atoms with E-state index in [1.165, 1.54) is 31.1 Å². The number of Topliss-reactive ketones (excluding diaryl/α,β-unsaturated/α-hetero) is 4. The first-order chi connectivity index (χ1) is 31.1. The molecule has 0 aliphatic heterocycles. The van der Waals surface area contributed by atoms with Crippen molar-refractivity contribution in [1.82, 2.24) is 9.96 Å². The minimum absolute atomic E-state index is 0.0195. The maximum atomic E-state index is 15.1. The molecule has 8 rings (SSSR count). The van der Waals surface area contributed by atoms with Gasteiger partial charge in [-0.15, -0.1) is 5.06 Å². The number of carbonyl (C=O) groups is 6. The zero-order valence-electron chi connectivity index (χ0n) is 37.2. The average molecular weight is 911 g/mol. The van der Waals surface area contributed by atoms with Gasteiger partial charge in [0.1, 0.15) is 46.0 Å². The highest BCUT2D eigenvalue weighted by Crippen LogP contribution is 2.56. The molecule has 6 aliphatic rings. The lowest BCUT2D eigenvalue weighted by molar-refractivity contribution is -0.207. The van der Waals surface area contributed by atoms with Crippen molar-refractivity contribution in [3.63, 3.8) is 0 Å². The highest BCUT2D eigenvalue weighted by Gasteiger charge is 2.67. The maximum absolute atomic E-state index is 15.1. The first-order valence-electron chi connectivity index (χ1n) is 22.1. The molecule has 0 saturated heterocycles. The van der Waals surface area contributed by atoms with Gasteiger partial charge in [0.2, 0.25) is 11.6 Å². The molecule has 2 amide bonds. The van der Waals surface area contributed by atoms with Crippen molar-refractivity contribution < 1.29 is 69.4 Å². The molecule has 0 bridgehead atoms. The Morgan fingerprint density at radius 3 is 1.71 bits per heavy atom. The average Bonchev–Trinajstić information content (AvgIpc) is 3.23. The van der Waals surface area contributed by atoms with Crippen molar-refractivity contribution >= 4 is 34.9 Å². The third kappa shape index (κ3) is 6.36. The second kappa shape index (κ2) is 16.2. The Kier molecular flexibility index (Phi) is 11.4. The number of hydrogen-bond acceptors (Lipinski definition) is 16. The number of aliphatic hydroxyl groups is 5. The first-order valence-corrected chi connectivity index (χ1v) is 22.1. The highest BCUT2D eigenvalue weighted by atomic mass is 16.7. The van der Waals surface area contributed by atoms with Crippen LogP contribution in [0.3, 0.4) is 0 Å². The van der Waals surface area contributed by atoms with Gasteiger partial charge in [0.15, 0.2) is 28.5 Å². The van der Waals surface area contributed by atoms with E-state index in [2.05, 4.69) is 0 Å². The lowest BCUT2D eigenvalue weighted by atomic mass is 9.58. The van der Waals surface area contributed by atoms with Crippen LogP contribution in [-0.2, 0) is 49.7 Å². The van der Waals surface area contributed by atoms with E-state index in [9.17, 15) is 59.7 Å². The predicted molar refractivity (Wildman–Crippen MR) is 232 cm³/mol. The van der Waals surface area contributed by atoms with Crippen LogP contribution in [0.25, 0.3) is 0 Å². The summed E-state index contributed by atoms with van der Waals surface area (Å²) in [5.74, 6) is -17.0. The number of hydrogen-bond donors (Lipinski definition) is 9. The molecule has 0 aromatic heterocycles. The maximum Gasteiger partial charge on any atom is 0.255 e. The van der Waals surface area contributed by atoms with E-state index >= 15 is 4.79 Å². The second-order valence-corrected chi connectivity index (χ2v) is 18.6. The number of allylic oxidation sites excluding steroid dienone is 2. The Hall–Kier alpha value is -6.34. The number of amides is 2. The van der Waals surface area contributed by atoms with Crippen molar-refractivity contribution in [2.24, 2.45) is 35.1 Å². The molecule has 0 radical (unpaired) electrons. The Balaban J connectivity index is 1.33. The molecule has 0 unspecified atom stereocenters. The topological polar surface area (TPSA) is 312 Å². The van der Waals surface area contributed by atoms with Crippen molar-refractivity contribution in [2.75, 3.05) is 21.1 Å². The Labute approximate surface area is 379 Å². The number of benzene rings is 2. The Morgan fingerprint density at radius 2 is 1.18 bits per heavy atom. The summed E-state index contributed by atoms with van der Waals surface area (Å²) in [6.07, 6.45) is 3.21. The van der Waals surface area contributed by atoms with Crippen LogP contribution in [0.5, 0.6) is 11.5 Å². The summed E-state index contributed by atoms with van der Waals surface area (Å²) in [4.78, 5) is 92.3. The number of nitrogens with two attached hydrogens (primary N) is 2. The molecule has 0 saturated carbocycles. The van der Waals surface area contributed by atoms with E-state index in [-0.39, 0.29) is 42.4 Å². The quantitative estimate of drug-likeness (QED) is 0.0887. The third-order valence-corrected chi connectivity index (χ3v) is 14.9.